The molecule has 1 atom stereocenters. The molecule has 2 aromatic rings. The summed E-state index contributed by atoms with van der Waals surface area (Å²) in [5.41, 5.74) is 3.84. The van der Waals surface area contributed by atoms with Crippen LogP contribution in [0.1, 0.15) is 35.3 Å². The smallest absolute Gasteiger partial charge is 0.290 e. The van der Waals surface area contributed by atoms with Crippen molar-refractivity contribution >= 4 is 28.9 Å². The third kappa shape index (κ3) is 4.18. The van der Waals surface area contributed by atoms with Crippen LogP contribution in [0.2, 0.25) is 0 Å². The molecule has 1 aromatic heterocycles. The number of amides is 1. The fourth-order valence-electron chi connectivity index (χ4n) is 4.54. The van der Waals surface area contributed by atoms with Gasteiger partial charge in [0.15, 0.2) is 5.69 Å². The second kappa shape index (κ2) is 8.75. The van der Waals surface area contributed by atoms with Crippen LogP contribution in [-0.4, -0.2) is 71.5 Å². The third-order valence-corrected chi connectivity index (χ3v) is 6.08. The van der Waals surface area contributed by atoms with Crippen LogP contribution in [0.4, 0.5) is 0 Å². The number of hydrogen-bond donors (Lipinski definition) is 3. The Morgan fingerprint density at radius 3 is 2.79 bits per heavy atom. The number of benzene rings is 1. The van der Waals surface area contributed by atoms with Gasteiger partial charge in [-0.25, -0.2) is 0 Å². The normalized spacial score (nSPS) is 25.7. The summed E-state index contributed by atoms with van der Waals surface area (Å²) >= 11 is 0. The predicted molar refractivity (Wildman–Crippen MR) is 109 cm³/mol. The van der Waals surface area contributed by atoms with Gasteiger partial charge in [0.2, 0.25) is 0 Å². The molecule has 5 heterocycles. The second-order valence-electron chi connectivity index (χ2n) is 7.71. The number of nitrogens with one attached hydrogen (secondary N) is 2. The lowest BCUT2D eigenvalue weighted by atomic mass is 9.84. The Morgan fingerprint density at radius 2 is 2.14 bits per heavy atom. The van der Waals surface area contributed by atoms with Gasteiger partial charge in [0, 0.05) is 18.0 Å². The first-order valence-corrected chi connectivity index (χ1v) is 10.1. The van der Waals surface area contributed by atoms with E-state index in [1.54, 1.807) is 0 Å². The minimum absolute atomic E-state index is 0.0619. The molecule has 29 heavy (non-hydrogen) atoms. The zero-order valence-electron chi connectivity index (χ0n) is 16.3. The SMILES string of the molecule is O=C(N[C@@H]1CN2CCC1CC2)c1n[nH]c2ccc(C3=CCOCC3)cc12.O=CO. The van der Waals surface area contributed by atoms with Crippen molar-refractivity contribution in [3.8, 4) is 0 Å². The van der Waals surface area contributed by atoms with Crippen LogP contribution in [0.3, 0.4) is 0 Å². The van der Waals surface area contributed by atoms with E-state index in [1.165, 1.54) is 31.5 Å². The van der Waals surface area contributed by atoms with Crippen molar-refractivity contribution in [1.29, 1.82) is 0 Å². The van der Waals surface area contributed by atoms with Gasteiger partial charge >= 0.3 is 0 Å². The first-order chi connectivity index (χ1) is 14.2. The molecular weight excluding hydrogens is 372 g/mol. The Balaban J connectivity index is 0.000000645. The number of nitrogens with zero attached hydrogens (tertiary/aromatic N) is 2. The number of fused-ring (bicyclic) bond motifs is 4. The van der Waals surface area contributed by atoms with E-state index in [9.17, 15) is 4.79 Å². The number of aromatic nitrogens is 2. The number of carbonyl (C=O) groups is 2. The maximum Gasteiger partial charge on any atom is 0.290 e. The molecule has 0 spiro atoms. The van der Waals surface area contributed by atoms with Gasteiger partial charge < -0.3 is 20.1 Å². The Morgan fingerprint density at radius 1 is 1.34 bits per heavy atom. The lowest BCUT2D eigenvalue weighted by Gasteiger charge is -2.44. The molecule has 3 N–H and O–H groups in total. The van der Waals surface area contributed by atoms with Crippen LogP contribution < -0.4 is 5.32 Å². The van der Waals surface area contributed by atoms with Gasteiger partial charge in [-0.15, -0.1) is 0 Å². The fraction of sp³-hybridized carbons (Fsp3) is 0.476. The highest BCUT2D eigenvalue weighted by atomic mass is 16.5. The summed E-state index contributed by atoms with van der Waals surface area (Å²) in [6, 6.07) is 6.44. The van der Waals surface area contributed by atoms with Crippen LogP contribution in [0.5, 0.6) is 0 Å². The van der Waals surface area contributed by atoms with Crippen molar-refractivity contribution in [2.45, 2.75) is 25.3 Å². The number of aromatic amines is 1. The van der Waals surface area contributed by atoms with Gasteiger partial charge in [-0.3, -0.25) is 14.7 Å². The lowest BCUT2D eigenvalue weighted by molar-refractivity contribution is -0.122. The van der Waals surface area contributed by atoms with E-state index in [4.69, 9.17) is 14.6 Å². The van der Waals surface area contributed by atoms with Gasteiger partial charge in [-0.05, 0) is 61.5 Å². The quantitative estimate of drug-likeness (QED) is 0.682. The molecule has 6 rings (SSSR count). The Hall–Kier alpha value is -2.71. The van der Waals surface area contributed by atoms with Crippen molar-refractivity contribution < 1.29 is 19.4 Å². The van der Waals surface area contributed by atoms with Crippen LogP contribution in [-0.2, 0) is 9.53 Å². The maximum absolute atomic E-state index is 12.9. The monoisotopic (exact) mass is 398 g/mol. The van der Waals surface area contributed by atoms with Gasteiger partial charge in [0.05, 0.1) is 18.7 Å². The number of hydrogen-bond acceptors (Lipinski definition) is 5. The number of rotatable bonds is 3. The van der Waals surface area contributed by atoms with Gasteiger partial charge in [0.25, 0.3) is 12.4 Å². The third-order valence-electron chi connectivity index (χ3n) is 6.08. The summed E-state index contributed by atoms with van der Waals surface area (Å²) in [5, 5.41) is 18.4. The highest BCUT2D eigenvalue weighted by Crippen LogP contribution is 2.29. The number of carbonyl (C=O) groups excluding carboxylic acids is 1. The summed E-state index contributed by atoms with van der Waals surface area (Å²) in [6.45, 7) is 4.47. The van der Waals surface area contributed by atoms with E-state index in [0.29, 0.717) is 18.2 Å². The highest BCUT2D eigenvalue weighted by Gasteiger charge is 2.35. The number of carboxylic acid groups (broad SMARTS) is 1. The van der Waals surface area contributed by atoms with Gasteiger partial charge in [0.1, 0.15) is 0 Å². The van der Waals surface area contributed by atoms with Gasteiger partial charge in [-0.2, -0.15) is 5.10 Å². The molecule has 3 fully saturated rings. The fourth-order valence-corrected chi connectivity index (χ4v) is 4.54. The average Bonchev–Trinajstić information content (AvgIpc) is 3.19. The molecule has 8 heteroatoms. The average molecular weight is 398 g/mol. The second-order valence-corrected chi connectivity index (χ2v) is 7.71. The molecule has 0 unspecified atom stereocenters. The molecule has 1 aromatic carbocycles. The van der Waals surface area contributed by atoms with Crippen molar-refractivity contribution in [2.75, 3.05) is 32.8 Å². The van der Waals surface area contributed by atoms with E-state index in [2.05, 4.69) is 38.6 Å². The molecular formula is C21H26N4O4. The van der Waals surface area contributed by atoms with Crippen molar-refractivity contribution in [2.24, 2.45) is 5.92 Å². The Kier molecular flexibility index (Phi) is 5.92. The van der Waals surface area contributed by atoms with E-state index >= 15 is 0 Å². The molecule has 4 aliphatic heterocycles. The molecule has 1 amide bonds. The topological polar surface area (TPSA) is 108 Å². The van der Waals surface area contributed by atoms with Crippen LogP contribution in [0.25, 0.3) is 16.5 Å². The molecule has 0 radical (unpaired) electrons. The summed E-state index contributed by atoms with van der Waals surface area (Å²) in [7, 11) is 0. The van der Waals surface area contributed by atoms with E-state index in [1.807, 2.05) is 6.07 Å². The first kappa shape index (κ1) is 19.6. The minimum Gasteiger partial charge on any atom is -0.483 e. The summed E-state index contributed by atoms with van der Waals surface area (Å²) in [6.07, 6.45) is 5.40. The van der Waals surface area contributed by atoms with Gasteiger partial charge in [-0.1, -0.05) is 12.1 Å². The number of H-pyrrole nitrogens is 1. The molecule has 4 aliphatic rings. The zero-order valence-corrected chi connectivity index (χ0v) is 16.3. The summed E-state index contributed by atoms with van der Waals surface area (Å²) in [4.78, 5) is 23.7. The minimum atomic E-state index is -0.250. The van der Waals surface area contributed by atoms with Crippen LogP contribution in [0.15, 0.2) is 24.3 Å². The maximum atomic E-state index is 12.9. The van der Waals surface area contributed by atoms with Crippen molar-refractivity contribution in [1.82, 2.24) is 20.4 Å². The molecule has 8 nitrogen and oxygen atoms in total. The molecule has 3 saturated heterocycles. The molecule has 154 valence electrons. The Labute approximate surface area is 168 Å². The molecule has 2 bridgehead atoms. The van der Waals surface area contributed by atoms with Crippen LogP contribution >= 0.6 is 0 Å². The molecule has 0 aliphatic carbocycles. The standard InChI is InChI=1S/C20H24N4O2.CH2O2/c25-20(21-18-12-24-7-3-14(18)4-8-24)19-16-11-15(1-2-17(16)22-23-19)13-5-9-26-10-6-13;2-1-3/h1-2,5,11,14,18H,3-4,6-10,12H2,(H,21,25)(H,22,23);1H,(H,2,3)/t18-;/m1./s1. The highest BCUT2D eigenvalue weighted by molar-refractivity contribution is 6.05. The summed E-state index contributed by atoms with van der Waals surface area (Å²) in [5.74, 6) is 0.546. The number of ether oxygens (including phenoxy) is 1. The number of piperidine rings is 3. The van der Waals surface area contributed by atoms with E-state index in [-0.39, 0.29) is 18.4 Å². The lowest BCUT2D eigenvalue weighted by Crippen LogP contribution is -2.57. The van der Waals surface area contributed by atoms with Crippen LogP contribution in [0, 0.1) is 5.92 Å². The summed E-state index contributed by atoms with van der Waals surface area (Å²) < 4.78 is 5.40. The zero-order chi connectivity index (χ0) is 20.2. The molecule has 0 saturated carbocycles. The van der Waals surface area contributed by atoms with E-state index < -0.39 is 0 Å². The predicted octanol–water partition coefficient (Wildman–Crippen LogP) is 1.89. The van der Waals surface area contributed by atoms with Crippen molar-refractivity contribution in [3.63, 3.8) is 0 Å². The van der Waals surface area contributed by atoms with E-state index in [0.717, 1.165) is 36.0 Å². The largest absolute Gasteiger partial charge is 0.483 e. The van der Waals surface area contributed by atoms with Crippen molar-refractivity contribution in [3.05, 3.63) is 35.5 Å². The Bertz CT molecular complexity index is 915. The first-order valence-electron chi connectivity index (χ1n) is 10.1.